The van der Waals surface area contributed by atoms with E-state index in [2.05, 4.69) is 23.6 Å². The Hall–Kier alpha value is -3.42. The molecule has 3 rings (SSSR count). The first kappa shape index (κ1) is 22.3. The molecule has 0 bridgehead atoms. The molecule has 2 aromatic carbocycles. The topological polar surface area (TPSA) is 50.8 Å². The molecule has 0 saturated heterocycles. The molecule has 1 aliphatic rings. The van der Waals surface area contributed by atoms with Gasteiger partial charge in [-0.1, -0.05) is 31.7 Å². The highest BCUT2D eigenvalue weighted by molar-refractivity contribution is 5.96. The van der Waals surface area contributed by atoms with E-state index < -0.39 is 12.5 Å². The van der Waals surface area contributed by atoms with Crippen molar-refractivity contribution >= 4 is 23.5 Å². The summed E-state index contributed by atoms with van der Waals surface area (Å²) in [4.78, 5) is 13.9. The first-order chi connectivity index (χ1) is 14.7. The Labute approximate surface area is 180 Å². The van der Waals surface area contributed by atoms with Gasteiger partial charge in [0.15, 0.2) is 0 Å². The van der Waals surface area contributed by atoms with E-state index in [1.165, 1.54) is 24.8 Å². The Balaban J connectivity index is 0.00000363. The number of hydrogen-bond acceptors (Lipinski definition) is 4. The van der Waals surface area contributed by atoms with Gasteiger partial charge < -0.3 is 14.4 Å². The molecule has 0 radical (unpaired) electrons. The number of hydrogen-bond donors (Lipinski definition) is 1. The Morgan fingerprint density at radius 3 is 2.55 bits per heavy atom. The van der Waals surface area contributed by atoms with E-state index in [0.29, 0.717) is 17.7 Å². The Bertz CT molecular complexity index is 1030. The molecule has 0 fully saturated rings. The lowest BCUT2D eigenvalue weighted by Crippen LogP contribution is -2.21. The van der Waals surface area contributed by atoms with Gasteiger partial charge in [0.25, 0.3) is 0 Å². The molecule has 1 amide bonds. The smallest absolute Gasteiger partial charge is 0.453 e. The van der Waals surface area contributed by atoms with Crippen molar-refractivity contribution in [3.63, 3.8) is 0 Å². The molecule has 0 aliphatic carbocycles. The highest BCUT2D eigenvalue weighted by atomic mass is 19.4. The summed E-state index contributed by atoms with van der Waals surface area (Å²) in [7, 11) is 3.18. The zero-order chi connectivity index (χ0) is 22.8. The molecule has 8 heteroatoms. The first-order valence-corrected chi connectivity index (χ1v) is 9.62. The van der Waals surface area contributed by atoms with Crippen LogP contribution >= 0.6 is 0 Å². The maximum absolute atomic E-state index is 12.5. The molecule has 2 aromatic rings. The monoisotopic (exact) mass is 434 g/mol. The summed E-state index contributed by atoms with van der Waals surface area (Å²) >= 11 is 0. The summed E-state index contributed by atoms with van der Waals surface area (Å²) in [5, 5.41) is 2.71. The number of carbonyl (C=O) groups is 1. The van der Waals surface area contributed by atoms with Crippen molar-refractivity contribution in [1.29, 1.82) is 0 Å². The third kappa shape index (κ3) is 4.84. The van der Waals surface area contributed by atoms with Crippen LogP contribution in [-0.2, 0) is 11.2 Å². The number of allylic oxidation sites excluding steroid dienone is 1. The minimum Gasteiger partial charge on any atom is -0.453 e. The van der Waals surface area contributed by atoms with Crippen LogP contribution in [0.2, 0.25) is 0 Å². The molecule has 0 aromatic heterocycles. The number of methoxy groups -OCH3 is 1. The van der Waals surface area contributed by atoms with E-state index in [1.807, 2.05) is 18.1 Å². The molecule has 166 valence electrons. The third-order valence-electron chi connectivity index (χ3n) is 5.06. The highest BCUT2D eigenvalue weighted by Crippen LogP contribution is 2.43. The van der Waals surface area contributed by atoms with Crippen molar-refractivity contribution in [3.8, 4) is 16.9 Å². The summed E-state index contributed by atoms with van der Waals surface area (Å²) in [6, 6.07) is 7.46. The van der Waals surface area contributed by atoms with Crippen molar-refractivity contribution in [2.75, 3.05) is 24.4 Å². The van der Waals surface area contributed by atoms with Gasteiger partial charge in [0, 0.05) is 20.2 Å². The van der Waals surface area contributed by atoms with E-state index in [1.54, 1.807) is 24.3 Å². The number of benzene rings is 2. The van der Waals surface area contributed by atoms with Crippen LogP contribution in [0.3, 0.4) is 0 Å². The second kappa shape index (κ2) is 8.75. The van der Waals surface area contributed by atoms with Gasteiger partial charge in [0.05, 0.1) is 18.5 Å². The lowest BCUT2D eigenvalue weighted by Gasteiger charge is -2.31. The second-order valence-electron chi connectivity index (χ2n) is 7.03. The van der Waals surface area contributed by atoms with Crippen LogP contribution in [0, 0.1) is 0 Å². The van der Waals surface area contributed by atoms with Gasteiger partial charge in [0.1, 0.15) is 5.75 Å². The zero-order valence-corrected chi connectivity index (χ0v) is 17.5. The molecule has 0 unspecified atom stereocenters. The van der Waals surface area contributed by atoms with Gasteiger partial charge in [0.2, 0.25) is 0 Å². The number of halogens is 3. The average Bonchev–Trinajstić information content (AvgIpc) is 2.72. The fourth-order valence-corrected chi connectivity index (χ4v) is 3.70. The summed E-state index contributed by atoms with van der Waals surface area (Å²) in [5.74, 6) is -0.299. The maximum Gasteiger partial charge on any atom is 0.573 e. The normalized spacial score (nSPS) is 13.2. The van der Waals surface area contributed by atoms with Gasteiger partial charge in [-0.3, -0.25) is 5.32 Å². The second-order valence-corrected chi connectivity index (χ2v) is 7.03. The number of ether oxygens (including phenoxy) is 2. The lowest BCUT2D eigenvalue weighted by atomic mass is 9.87. The predicted octanol–water partition coefficient (Wildman–Crippen LogP) is 6.61. The number of nitrogens with one attached hydrogen (secondary N) is 1. The maximum atomic E-state index is 12.5. The van der Waals surface area contributed by atoms with Crippen molar-refractivity contribution in [2.24, 2.45) is 0 Å². The zero-order valence-electron chi connectivity index (χ0n) is 17.5. The summed E-state index contributed by atoms with van der Waals surface area (Å²) < 4.78 is 46.2. The highest BCUT2D eigenvalue weighted by Gasteiger charge is 2.31. The number of fused-ring (bicyclic) bond motifs is 1. The number of carbonyl (C=O) groups excluding carboxylic acids is 1. The van der Waals surface area contributed by atoms with Crippen molar-refractivity contribution in [1.82, 2.24) is 0 Å². The number of amides is 1. The fraction of sp³-hybridized carbons (Fsp3) is 0.261. The quantitative estimate of drug-likeness (QED) is 0.576. The fourth-order valence-electron chi connectivity index (χ4n) is 3.70. The van der Waals surface area contributed by atoms with Gasteiger partial charge in [-0.15, -0.1) is 13.2 Å². The Morgan fingerprint density at radius 2 is 2.00 bits per heavy atom. The molecule has 1 aliphatic heterocycles. The molecule has 0 spiro atoms. The van der Waals surface area contributed by atoms with E-state index in [0.717, 1.165) is 28.8 Å². The van der Waals surface area contributed by atoms with Crippen LogP contribution in [0.5, 0.6) is 5.75 Å². The minimum absolute atomic E-state index is 0. The molecule has 0 saturated carbocycles. The molecule has 1 heterocycles. The summed E-state index contributed by atoms with van der Waals surface area (Å²) in [6.45, 7) is 5.96. The molecule has 5 nitrogen and oxygen atoms in total. The number of alkyl halides is 3. The van der Waals surface area contributed by atoms with Crippen LogP contribution < -0.4 is 15.0 Å². The lowest BCUT2D eigenvalue weighted by molar-refractivity contribution is -0.274. The number of nitrogens with zero attached hydrogens (tertiary/aromatic N) is 1. The third-order valence-corrected chi connectivity index (χ3v) is 5.06. The first-order valence-electron chi connectivity index (χ1n) is 9.62. The summed E-state index contributed by atoms with van der Waals surface area (Å²) in [6.07, 6.45) is -0.158. The van der Waals surface area contributed by atoms with Gasteiger partial charge in [-0.2, -0.15) is 0 Å². The molecule has 1 N–H and O–H groups in total. The number of anilines is 2. The van der Waals surface area contributed by atoms with Gasteiger partial charge >= 0.3 is 12.5 Å². The van der Waals surface area contributed by atoms with Crippen molar-refractivity contribution < 1.29 is 28.9 Å². The minimum atomic E-state index is -4.76. The predicted molar refractivity (Wildman–Crippen MR) is 117 cm³/mol. The molecular weight excluding hydrogens is 409 g/mol. The van der Waals surface area contributed by atoms with Crippen molar-refractivity contribution in [3.05, 3.63) is 59.8 Å². The van der Waals surface area contributed by atoms with Crippen LogP contribution in [0.4, 0.5) is 29.3 Å². The number of rotatable bonds is 5. The van der Waals surface area contributed by atoms with Crippen LogP contribution in [0.15, 0.2) is 48.7 Å². The Morgan fingerprint density at radius 1 is 1.32 bits per heavy atom. The van der Waals surface area contributed by atoms with Crippen LogP contribution in [-0.4, -0.2) is 26.6 Å². The van der Waals surface area contributed by atoms with E-state index in [4.69, 9.17) is 4.74 Å². The van der Waals surface area contributed by atoms with Gasteiger partial charge in [-0.05, 0) is 53.3 Å². The van der Waals surface area contributed by atoms with E-state index in [-0.39, 0.29) is 7.18 Å². The molecule has 31 heavy (non-hydrogen) atoms. The summed E-state index contributed by atoms with van der Waals surface area (Å²) in [5.41, 5.74) is 5.78. The van der Waals surface area contributed by atoms with Crippen LogP contribution in [0.1, 0.15) is 25.9 Å². The standard InChI is InChI=1S/C23H23F3N2O3.H2/c1-5-14-11-19-18(15-7-9-16(10-8-15)31-23(24,25)26)12-20(27-22(29)30-4)17(6-2)21(19)28(3)13-14;/h6-10,12-13H,2,5,11H2,1,3-4H3,(H,27,29);1H. The largest absolute Gasteiger partial charge is 0.573 e. The van der Waals surface area contributed by atoms with Gasteiger partial charge in [-0.25, -0.2) is 4.79 Å². The SMILES string of the molecule is C=Cc1c(NC(=O)OC)cc(-c2ccc(OC(F)(F)F)cc2)c2c1N(C)C=C(CC)C2.[HH]. The van der Waals surface area contributed by atoms with Crippen molar-refractivity contribution in [2.45, 2.75) is 26.1 Å². The van der Waals surface area contributed by atoms with E-state index >= 15 is 0 Å². The Kier molecular flexibility index (Phi) is 6.29. The molecule has 0 atom stereocenters. The van der Waals surface area contributed by atoms with Crippen LogP contribution in [0.25, 0.3) is 17.2 Å². The van der Waals surface area contributed by atoms with E-state index in [9.17, 15) is 18.0 Å². The molecular formula is C23H25F3N2O3. The average molecular weight is 434 g/mol.